The molecule has 2 aromatic carbocycles. The first kappa shape index (κ1) is 20.7. The van der Waals surface area contributed by atoms with E-state index in [1.54, 1.807) is 43.5 Å². The number of halogens is 1. The lowest BCUT2D eigenvalue weighted by Crippen LogP contribution is -2.49. The molecule has 3 N–H and O–H groups in total. The fourth-order valence-electron chi connectivity index (χ4n) is 1.92. The molecule has 9 heteroatoms. The van der Waals surface area contributed by atoms with Gasteiger partial charge >= 0.3 is 0 Å². The lowest BCUT2D eigenvalue weighted by Gasteiger charge is -2.12. The van der Waals surface area contributed by atoms with Gasteiger partial charge in [-0.05, 0) is 61.1 Å². The number of rotatable bonds is 5. The van der Waals surface area contributed by atoms with Crippen molar-refractivity contribution in [2.24, 2.45) is 0 Å². The number of carbonyl (C=O) groups excluding carboxylic acids is 2. The SMILES string of the molecule is COc1ccc(OCC(=O)NNC(=S)NC(=O)c2ccc(C)c(Br)c2)cc1. The molecule has 0 saturated carbocycles. The maximum Gasteiger partial charge on any atom is 0.276 e. The average molecular weight is 452 g/mol. The first-order valence-corrected chi connectivity index (χ1v) is 9.02. The molecule has 0 saturated heterocycles. The Morgan fingerprint density at radius 1 is 1.07 bits per heavy atom. The van der Waals surface area contributed by atoms with E-state index in [0.29, 0.717) is 17.1 Å². The van der Waals surface area contributed by atoms with Crippen LogP contribution in [-0.2, 0) is 4.79 Å². The summed E-state index contributed by atoms with van der Waals surface area (Å²) in [5, 5.41) is 2.44. The molecule has 0 aliphatic carbocycles. The number of nitrogens with one attached hydrogen (secondary N) is 3. The van der Waals surface area contributed by atoms with Crippen LogP contribution >= 0.6 is 28.1 Å². The van der Waals surface area contributed by atoms with Crippen molar-refractivity contribution in [1.29, 1.82) is 0 Å². The number of methoxy groups -OCH3 is 1. The van der Waals surface area contributed by atoms with Crippen LogP contribution in [-0.4, -0.2) is 30.6 Å². The molecule has 0 aliphatic heterocycles. The Morgan fingerprint density at radius 2 is 1.74 bits per heavy atom. The highest BCUT2D eigenvalue weighted by Gasteiger charge is 2.10. The predicted octanol–water partition coefficient (Wildman–Crippen LogP) is 2.48. The number of hydrogen-bond acceptors (Lipinski definition) is 5. The molecule has 2 aromatic rings. The van der Waals surface area contributed by atoms with Crippen molar-refractivity contribution in [2.45, 2.75) is 6.92 Å². The molecule has 0 fully saturated rings. The van der Waals surface area contributed by atoms with Gasteiger partial charge in [-0.2, -0.15) is 0 Å². The third-order valence-corrected chi connectivity index (χ3v) is 4.46. The van der Waals surface area contributed by atoms with Crippen LogP contribution in [0.2, 0.25) is 0 Å². The monoisotopic (exact) mass is 451 g/mol. The van der Waals surface area contributed by atoms with E-state index in [9.17, 15) is 9.59 Å². The van der Waals surface area contributed by atoms with Gasteiger partial charge in [0, 0.05) is 10.0 Å². The van der Waals surface area contributed by atoms with Gasteiger partial charge in [0.15, 0.2) is 11.7 Å². The topological polar surface area (TPSA) is 88.7 Å². The summed E-state index contributed by atoms with van der Waals surface area (Å²) in [4.78, 5) is 23.9. The molecule has 0 unspecified atom stereocenters. The van der Waals surface area contributed by atoms with Crippen LogP contribution in [0.5, 0.6) is 11.5 Å². The van der Waals surface area contributed by atoms with Gasteiger partial charge < -0.3 is 9.47 Å². The zero-order valence-corrected chi connectivity index (χ0v) is 17.1. The molecule has 0 spiro atoms. The van der Waals surface area contributed by atoms with Gasteiger partial charge in [-0.3, -0.25) is 25.8 Å². The van der Waals surface area contributed by atoms with Crippen molar-refractivity contribution in [3.8, 4) is 11.5 Å². The fraction of sp³-hybridized carbons (Fsp3) is 0.167. The van der Waals surface area contributed by atoms with Crippen molar-refractivity contribution >= 4 is 45.1 Å². The number of hydrogen-bond donors (Lipinski definition) is 3. The van der Waals surface area contributed by atoms with E-state index in [0.717, 1.165) is 10.0 Å². The average Bonchev–Trinajstić information content (AvgIpc) is 2.67. The second kappa shape index (κ2) is 9.89. The summed E-state index contributed by atoms with van der Waals surface area (Å²) in [6, 6.07) is 12.0. The molecular weight excluding hydrogens is 434 g/mol. The maximum atomic E-state index is 12.1. The summed E-state index contributed by atoms with van der Waals surface area (Å²) in [5.74, 6) is 0.361. The maximum absolute atomic E-state index is 12.1. The second-order valence-electron chi connectivity index (χ2n) is 5.38. The number of carbonyl (C=O) groups is 2. The molecule has 0 bridgehead atoms. The summed E-state index contributed by atoms with van der Waals surface area (Å²) < 4.78 is 11.2. The molecule has 2 rings (SSSR count). The molecule has 0 radical (unpaired) electrons. The highest BCUT2D eigenvalue weighted by molar-refractivity contribution is 9.10. The third kappa shape index (κ3) is 6.54. The number of amides is 2. The van der Waals surface area contributed by atoms with Crippen LogP contribution in [0, 0.1) is 6.92 Å². The standard InChI is InChI=1S/C18H18BrN3O4S/c1-11-3-4-12(9-15(11)19)17(24)20-18(27)22-21-16(23)10-26-14-7-5-13(25-2)6-8-14/h3-9H,10H2,1-2H3,(H,21,23)(H2,20,22,24,27). The van der Waals surface area contributed by atoms with E-state index < -0.39 is 11.8 Å². The Hall–Kier alpha value is -2.65. The van der Waals surface area contributed by atoms with Gasteiger partial charge in [-0.25, -0.2) is 0 Å². The van der Waals surface area contributed by atoms with Crippen molar-refractivity contribution in [2.75, 3.05) is 13.7 Å². The van der Waals surface area contributed by atoms with Crippen molar-refractivity contribution in [1.82, 2.24) is 16.2 Å². The van der Waals surface area contributed by atoms with Gasteiger partial charge in [-0.15, -0.1) is 0 Å². The molecule has 142 valence electrons. The van der Waals surface area contributed by atoms with Crippen LogP contribution in [0.3, 0.4) is 0 Å². The molecule has 0 aliphatic rings. The van der Waals surface area contributed by atoms with Gasteiger partial charge in [0.2, 0.25) is 0 Å². The van der Waals surface area contributed by atoms with Crippen LogP contribution in [0.1, 0.15) is 15.9 Å². The van der Waals surface area contributed by atoms with E-state index in [-0.39, 0.29) is 11.7 Å². The second-order valence-corrected chi connectivity index (χ2v) is 6.65. The smallest absolute Gasteiger partial charge is 0.276 e. The number of hydrazine groups is 1. The predicted molar refractivity (Wildman–Crippen MR) is 109 cm³/mol. The minimum Gasteiger partial charge on any atom is -0.497 e. The molecule has 27 heavy (non-hydrogen) atoms. The lowest BCUT2D eigenvalue weighted by atomic mass is 10.1. The Kier molecular flexibility index (Phi) is 7.56. The normalized spacial score (nSPS) is 9.89. The summed E-state index contributed by atoms with van der Waals surface area (Å²) >= 11 is 8.36. The Labute approximate surface area is 170 Å². The number of ether oxygens (including phenoxy) is 2. The molecule has 0 heterocycles. The molecule has 0 aromatic heterocycles. The van der Waals surface area contributed by atoms with Crippen LogP contribution < -0.4 is 25.6 Å². The summed E-state index contributed by atoms with van der Waals surface area (Å²) in [6.45, 7) is 1.70. The Morgan fingerprint density at radius 3 is 2.37 bits per heavy atom. The van der Waals surface area contributed by atoms with Crippen LogP contribution in [0.25, 0.3) is 0 Å². The van der Waals surface area contributed by atoms with Gasteiger partial charge in [0.05, 0.1) is 7.11 Å². The van der Waals surface area contributed by atoms with Crippen LogP contribution in [0.4, 0.5) is 0 Å². The van der Waals surface area contributed by atoms with Gasteiger partial charge in [-0.1, -0.05) is 22.0 Å². The molecular formula is C18H18BrN3O4S. The number of benzene rings is 2. The molecule has 0 atom stereocenters. The minimum absolute atomic E-state index is 0.0329. The van der Waals surface area contributed by atoms with E-state index in [1.165, 1.54) is 0 Å². The highest BCUT2D eigenvalue weighted by atomic mass is 79.9. The van der Waals surface area contributed by atoms with E-state index in [2.05, 4.69) is 32.1 Å². The quantitative estimate of drug-likeness (QED) is 0.477. The zero-order valence-electron chi connectivity index (χ0n) is 14.7. The lowest BCUT2D eigenvalue weighted by molar-refractivity contribution is -0.123. The van der Waals surface area contributed by atoms with Crippen molar-refractivity contribution < 1.29 is 19.1 Å². The molecule has 2 amide bonds. The van der Waals surface area contributed by atoms with Crippen molar-refractivity contribution in [3.05, 3.63) is 58.1 Å². The van der Waals surface area contributed by atoms with Gasteiger partial charge in [0.25, 0.3) is 11.8 Å². The van der Waals surface area contributed by atoms with Crippen LogP contribution in [0.15, 0.2) is 46.9 Å². The highest BCUT2D eigenvalue weighted by Crippen LogP contribution is 2.17. The first-order chi connectivity index (χ1) is 12.9. The summed E-state index contributed by atoms with van der Waals surface area (Å²) in [6.07, 6.45) is 0. The Bertz CT molecular complexity index is 843. The Balaban J connectivity index is 1.74. The fourth-order valence-corrected chi connectivity index (χ4v) is 2.45. The number of thiocarbonyl (C=S) groups is 1. The minimum atomic E-state index is -0.458. The zero-order chi connectivity index (χ0) is 19.8. The molecule has 7 nitrogen and oxygen atoms in total. The van der Waals surface area contributed by atoms with Crippen molar-refractivity contribution in [3.63, 3.8) is 0 Å². The van der Waals surface area contributed by atoms with E-state index in [1.807, 2.05) is 13.0 Å². The largest absolute Gasteiger partial charge is 0.497 e. The summed E-state index contributed by atoms with van der Waals surface area (Å²) in [7, 11) is 1.56. The summed E-state index contributed by atoms with van der Waals surface area (Å²) in [5.41, 5.74) is 6.25. The first-order valence-electron chi connectivity index (χ1n) is 7.82. The van der Waals surface area contributed by atoms with Gasteiger partial charge in [0.1, 0.15) is 11.5 Å². The third-order valence-electron chi connectivity index (χ3n) is 3.41. The van der Waals surface area contributed by atoms with E-state index in [4.69, 9.17) is 21.7 Å². The van der Waals surface area contributed by atoms with E-state index >= 15 is 0 Å². The number of aryl methyl sites for hydroxylation is 1.